The molecule has 2 aliphatic rings. The highest BCUT2D eigenvalue weighted by molar-refractivity contribution is 5.91. The van der Waals surface area contributed by atoms with Gasteiger partial charge in [-0.15, -0.1) is 0 Å². The molecule has 10 heteroatoms. The van der Waals surface area contributed by atoms with Crippen LogP contribution >= 0.6 is 0 Å². The number of nitrogens with zero attached hydrogens (tertiary/aromatic N) is 3. The van der Waals surface area contributed by atoms with Crippen LogP contribution in [0.15, 0.2) is 30.7 Å². The molecule has 1 aliphatic heterocycles. The van der Waals surface area contributed by atoms with Crippen LogP contribution in [0.25, 0.3) is 0 Å². The SMILES string of the molecule is CC(C)(C)OC(=O)N1CC(O)(Cn2cnc(NC(=O)CNC3CCc4cccc(F)c4C3)c2)C1. The molecular weight excluding hydrogens is 441 g/mol. The Morgan fingerprint density at radius 3 is 2.82 bits per heavy atom. The van der Waals surface area contributed by atoms with E-state index in [4.69, 9.17) is 4.74 Å². The minimum Gasteiger partial charge on any atom is -0.444 e. The Balaban J connectivity index is 1.21. The second kappa shape index (κ2) is 9.34. The molecule has 1 unspecified atom stereocenters. The van der Waals surface area contributed by atoms with Gasteiger partial charge in [0.25, 0.3) is 0 Å². The van der Waals surface area contributed by atoms with E-state index in [1.807, 2.05) is 6.07 Å². The molecule has 9 nitrogen and oxygen atoms in total. The summed E-state index contributed by atoms with van der Waals surface area (Å²) in [5.41, 5.74) is 0.0989. The first-order chi connectivity index (χ1) is 16.0. The number of ether oxygens (including phenoxy) is 1. The number of aromatic nitrogens is 2. The van der Waals surface area contributed by atoms with E-state index in [0.29, 0.717) is 12.2 Å². The van der Waals surface area contributed by atoms with Crippen LogP contribution < -0.4 is 10.6 Å². The number of benzene rings is 1. The minimum atomic E-state index is -1.08. The summed E-state index contributed by atoms with van der Waals surface area (Å²) in [5, 5.41) is 16.6. The Bertz CT molecular complexity index is 1060. The lowest BCUT2D eigenvalue weighted by Crippen LogP contribution is -2.65. The molecule has 0 saturated carbocycles. The summed E-state index contributed by atoms with van der Waals surface area (Å²) in [5.74, 6) is -0.0666. The van der Waals surface area contributed by atoms with Crippen molar-refractivity contribution >= 4 is 17.8 Å². The van der Waals surface area contributed by atoms with E-state index in [0.717, 1.165) is 24.0 Å². The highest BCUT2D eigenvalue weighted by atomic mass is 19.1. The molecule has 2 heterocycles. The van der Waals surface area contributed by atoms with Crippen LogP contribution in [0.3, 0.4) is 0 Å². The lowest BCUT2D eigenvalue weighted by atomic mass is 9.88. The zero-order valence-corrected chi connectivity index (χ0v) is 19.8. The van der Waals surface area contributed by atoms with E-state index in [9.17, 15) is 19.1 Å². The van der Waals surface area contributed by atoms with Crippen LogP contribution in [0, 0.1) is 5.82 Å². The number of aryl methyl sites for hydroxylation is 1. The van der Waals surface area contributed by atoms with Gasteiger partial charge in [0.15, 0.2) is 5.82 Å². The number of hydrogen-bond donors (Lipinski definition) is 3. The number of likely N-dealkylation sites (tertiary alicyclic amines) is 1. The summed E-state index contributed by atoms with van der Waals surface area (Å²) in [7, 11) is 0. The van der Waals surface area contributed by atoms with Gasteiger partial charge in [0, 0.05) is 12.2 Å². The van der Waals surface area contributed by atoms with Crippen LogP contribution in [-0.4, -0.2) is 68.4 Å². The molecule has 3 N–H and O–H groups in total. The molecular formula is C24H32FN5O4. The van der Waals surface area contributed by atoms with E-state index in [1.54, 1.807) is 37.6 Å². The molecule has 0 spiro atoms. The summed E-state index contributed by atoms with van der Waals surface area (Å²) in [6.07, 6.45) is 4.90. The largest absolute Gasteiger partial charge is 0.444 e. The van der Waals surface area contributed by atoms with Crippen molar-refractivity contribution in [1.82, 2.24) is 19.8 Å². The van der Waals surface area contributed by atoms with E-state index in [2.05, 4.69) is 15.6 Å². The zero-order chi connectivity index (χ0) is 24.5. The molecule has 184 valence electrons. The molecule has 4 rings (SSSR count). The van der Waals surface area contributed by atoms with E-state index in [1.165, 1.54) is 17.3 Å². The number of aliphatic hydroxyl groups is 1. The second-order valence-corrected chi connectivity index (χ2v) is 10.2. The molecule has 1 saturated heterocycles. The average Bonchev–Trinajstić information content (AvgIpc) is 3.16. The Morgan fingerprint density at radius 2 is 2.09 bits per heavy atom. The maximum Gasteiger partial charge on any atom is 0.410 e. The molecule has 34 heavy (non-hydrogen) atoms. The van der Waals surface area contributed by atoms with Crippen LogP contribution in [0.1, 0.15) is 38.3 Å². The van der Waals surface area contributed by atoms with Crippen molar-refractivity contribution in [2.75, 3.05) is 25.0 Å². The van der Waals surface area contributed by atoms with Crippen molar-refractivity contribution in [2.45, 2.75) is 63.8 Å². The van der Waals surface area contributed by atoms with Gasteiger partial charge in [0.1, 0.15) is 17.0 Å². The molecule has 1 aliphatic carbocycles. The first-order valence-electron chi connectivity index (χ1n) is 11.5. The molecule has 0 bridgehead atoms. The number of nitrogens with one attached hydrogen (secondary N) is 2. The van der Waals surface area contributed by atoms with Gasteiger partial charge in [-0.1, -0.05) is 12.1 Å². The van der Waals surface area contributed by atoms with Gasteiger partial charge in [-0.3, -0.25) is 4.79 Å². The first-order valence-corrected chi connectivity index (χ1v) is 11.5. The Hall–Kier alpha value is -2.98. The molecule has 2 aromatic rings. The molecule has 1 aromatic heterocycles. The third-order valence-electron chi connectivity index (χ3n) is 5.98. The predicted molar refractivity (Wildman–Crippen MR) is 124 cm³/mol. The quantitative estimate of drug-likeness (QED) is 0.593. The second-order valence-electron chi connectivity index (χ2n) is 10.2. The van der Waals surface area contributed by atoms with E-state index in [-0.39, 0.29) is 43.9 Å². The Labute approximate surface area is 198 Å². The Morgan fingerprint density at radius 1 is 1.32 bits per heavy atom. The standard InChI is InChI=1S/C24H32FN5O4/c1-23(2,3)34-22(32)30-13-24(33,14-30)12-29-11-20(27-15-29)28-21(31)10-26-17-8-7-16-5-4-6-19(25)18(16)9-17/h4-6,11,15,17,26,33H,7-10,12-14H2,1-3H3,(H,28,31). The molecule has 1 atom stereocenters. The number of β-amino-alcohol motifs (C(OH)–C–C–N with tert-alkyl or cyclic N) is 1. The number of halogens is 1. The van der Waals surface area contributed by atoms with Gasteiger partial charge < -0.3 is 29.9 Å². The maximum absolute atomic E-state index is 14.0. The number of carbonyl (C=O) groups is 2. The number of imidazole rings is 1. The van der Waals surface area contributed by atoms with Gasteiger partial charge in [0.2, 0.25) is 5.91 Å². The van der Waals surface area contributed by atoms with Crippen LogP contribution in [-0.2, 0) is 28.9 Å². The summed E-state index contributed by atoms with van der Waals surface area (Å²) in [6.45, 7) is 6.04. The summed E-state index contributed by atoms with van der Waals surface area (Å²) in [6, 6.07) is 5.19. The fourth-order valence-electron chi connectivity index (χ4n) is 4.41. The summed E-state index contributed by atoms with van der Waals surface area (Å²) < 4.78 is 21.0. The molecule has 2 amide bonds. The van der Waals surface area contributed by atoms with E-state index >= 15 is 0 Å². The molecule has 1 aromatic carbocycles. The van der Waals surface area contributed by atoms with Gasteiger partial charge in [-0.2, -0.15) is 0 Å². The van der Waals surface area contributed by atoms with Crippen molar-refractivity contribution < 1.29 is 23.8 Å². The first kappa shape index (κ1) is 24.2. The predicted octanol–water partition coefficient (Wildman–Crippen LogP) is 2.09. The number of anilines is 1. The van der Waals surface area contributed by atoms with Gasteiger partial charge >= 0.3 is 6.09 Å². The minimum absolute atomic E-state index is 0.0356. The lowest BCUT2D eigenvalue weighted by molar-refractivity contribution is -0.115. The summed E-state index contributed by atoms with van der Waals surface area (Å²) in [4.78, 5) is 30.0. The molecule has 1 fully saturated rings. The van der Waals surface area contributed by atoms with Crippen LogP contribution in [0.2, 0.25) is 0 Å². The molecule has 0 radical (unpaired) electrons. The Kier molecular flexibility index (Phi) is 6.64. The van der Waals surface area contributed by atoms with Crippen molar-refractivity contribution in [3.63, 3.8) is 0 Å². The van der Waals surface area contributed by atoms with Gasteiger partial charge in [0.05, 0.1) is 32.5 Å². The van der Waals surface area contributed by atoms with Crippen LogP contribution in [0.5, 0.6) is 0 Å². The van der Waals surface area contributed by atoms with Crippen molar-refractivity contribution in [1.29, 1.82) is 0 Å². The normalized spacial score (nSPS) is 19.2. The smallest absolute Gasteiger partial charge is 0.410 e. The number of hydrogen-bond acceptors (Lipinski definition) is 6. The van der Waals surface area contributed by atoms with Crippen LogP contribution in [0.4, 0.5) is 15.0 Å². The number of fused-ring (bicyclic) bond motifs is 1. The highest BCUT2D eigenvalue weighted by Crippen LogP contribution is 2.26. The van der Waals surface area contributed by atoms with Crippen molar-refractivity contribution in [2.24, 2.45) is 0 Å². The van der Waals surface area contributed by atoms with Gasteiger partial charge in [-0.25, -0.2) is 14.2 Å². The van der Waals surface area contributed by atoms with Crippen molar-refractivity contribution in [3.05, 3.63) is 47.7 Å². The fourth-order valence-corrected chi connectivity index (χ4v) is 4.41. The maximum atomic E-state index is 14.0. The lowest BCUT2D eigenvalue weighted by Gasteiger charge is -2.46. The number of rotatable bonds is 6. The number of amides is 2. The fraction of sp³-hybridized carbons (Fsp3) is 0.542. The average molecular weight is 474 g/mol. The topological polar surface area (TPSA) is 109 Å². The monoisotopic (exact) mass is 473 g/mol. The van der Waals surface area contributed by atoms with Gasteiger partial charge in [-0.05, 0) is 57.2 Å². The summed E-state index contributed by atoms with van der Waals surface area (Å²) >= 11 is 0. The zero-order valence-electron chi connectivity index (χ0n) is 19.8. The van der Waals surface area contributed by atoms with Crippen molar-refractivity contribution in [3.8, 4) is 0 Å². The highest BCUT2D eigenvalue weighted by Gasteiger charge is 2.45. The third kappa shape index (κ3) is 5.92. The number of carbonyl (C=O) groups excluding carboxylic acids is 2. The third-order valence-corrected chi connectivity index (χ3v) is 5.98. The van der Waals surface area contributed by atoms with E-state index < -0.39 is 17.3 Å².